The molecule has 2 aromatic rings. The molecule has 2 rings (SSSR count). The first kappa shape index (κ1) is 9.63. The zero-order chi connectivity index (χ0) is 10.3. The summed E-state index contributed by atoms with van der Waals surface area (Å²) >= 11 is 6.27. The number of hydrogen-bond acceptors (Lipinski definition) is 6. The van der Waals surface area contributed by atoms with E-state index in [9.17, 15) is 14.9 Å². The summed E-state index contributed by atoms with van der Waals surface area (Å²) < 4.78 is 1.33. The Hall–Kier alpha value is -0.920. The molecule has 0 unspecified atom stereocenters. The fourth-order valence-corrected chi connectivity index (χ4v) is 3.41. The second-order valence-corrected chi connectivity index (χ2v) is 5.20. The van der Waals surface area contributed by atoms with Crippen LogP contribution in [0.4, 0.5) is 5.69 Å². The Morgan fingerprint density at radius 2 is 2.14 bits per heavy atom. The molecule has 0 spiro atoms. The van der Waals surface area contributed by atoms with Gasteiger partial charge in [-0.3, -0.25) is 14.9 Å². The SMILES string of the molecule is O=c1cc(S)sc2c([N+](=O)[O-])csc12. The van der Waals surface area contributed by atoms with E-state index >= 15 is 0 Å². The topological polar surface area (TPSA) is 60.2 Å². The molecule has 14 heavy (non-hydrogen) atoms. The lowest BCUT2D eigenvalue weighted by Crippen LogP contribution is -1.95. The second kappa shape index (κ2) is 3.34. The lowest BCUT2D eigenvalue weighted by Gasteiger charge is -1.90. The number of hydrogen-bond donors (Lipinski definition) is 1. The van der Waals surface area contributed by atoms with Crippen molar-refractivity contribution < 1.29 is 4.92 Å². The van der Waals surface area contributed by atoms with E-state index in [0.29, 0.717) is 13.6 Å². The highest BCUT2D eigenvalue weighted by Gasteiger charge is 2.17. The maximum absolute atomic E-state index is 11.4. The number of rotatable bonds is 1. The van der Waals surface area contributed by atoms with Crippen LogP contribution in [-0.4, -0.2) is 4.92 Å². The Bertz CT molecular complexity index is 571. The predicted molar refractivity (Wildman–Crippen MR) is 59.9 cm³/mol. The first-order valence-electron chi connectivity index (χ1n) is 3.48. The van der Waals surface area contributed by atoms with Gasteiger partial charge in [0.1, 0.15) is 4.70 Å². The van der Waals surface area contributed by atoms with Crippen molar-refractivity contribution >= 4 is 50.4 Å². The van der Waals surface area contributed by atoms with Crippen LogP contribution in [0, 0.1) is 10.1 Å². The molecular weight excluding hydrogens is 242 g/mol. The van der Waals surface area contributed by atoms with E-state index in [-0.39, 0.29) is 11.1 Å². The van der Waals surface area contributed by atoms with Crippen LogP contribution in [-0.2, 0) is 0 Å². The fourth-order valence-electron chi connectivity index (χ4n) is 1.04. The Balaban J connectivity index is 2.92. The third kappa shape index (κ3) is 1.43. The van der Waals surface area contributed by atoms with Crippen molar-refractivity contribution in [1.29, 1.82) is 0 Å². The highest BCUT2D eigenvalue weighted by Crippen LogP contribution is 2.34. The Labute approximate surface area is 91.4 Å². The minimum Gasteiger partial charge on any atom is -0.288 e. The molecule has 0 aromatic carbocycles. The number of nitrogens with zero attached hydrogens (tertiary/aromatic N) is 1. The molecule has 0 aliphatic heterocycles. The van der Waals surface area contributed by atoms with Gasteiger partial charge in [-0.05, 0) is 0 Å². The molecule has 2 aromatic heterocycles. The van der Waals surface area contributed by atoms with Crippen LogP contribution < -0.4 is 5.43 Å². The number of thiophene rings is 1. The molecule has 0 fully saturated rings. The monoisotopic (exact) mass is 245 g/mol. The summed E-state index contributed by atoms with van der Waals surface area (Å²) in [6.45, 7) is 0. The molecule has 0 N–H and O–H groups in total. The van der Waals surface area contributed by atoms with Crippen molar-refractivity contribution in [3.05, 3.63) is 31.8 Å². The minimum absolute atomic E-state index is 0.0111. The van der Waals surface area contributed by atoms with Gasteiger partial charge in [-0.2, -0.15) is 0 Å². The van der Waals surface area contributed by atoms with Crippen LogP contribution >= 0.6 is 35.3 Å². The van der Waals surface area contributed by atoms with Crippen LogP contribution in [0.5, 0.6) is 0 Å². The van der Waals surface area contributed by atoms with Crippen LogP contribution in [0.2, 0.25) is 0 Å². The quantitative estimate of drug-likeness (QED) is 0.477. The number of fused-ring (bicyclic) bond motifs is 1. The zero-order valence-corrected chi connectivity index (χ0v) is 9.12. The lowest BCUT2D eigenvalue weighted by molar-refractivity contribution is -0.382. The first-order valence-corrected chi connectivity index (χ1v) is 5.62. The average Bonchev–Trinajstić information content (AvgIpc) is 2.47. The molecule has 0 amide bonds. The van der Waals surface area contributed by atoms with E-state index in [1.54, 1.807) is 0 Å². The Morgan fingerprint density at radius 3 is 2.79 bits per heavy atom. The summed E-state index contributed by atoms with van der Waals surface area (Å²) in [5.41, 5.74) is -0.218. The van der Waals surface area contributed by atoms with Crippen molar-refractivity contribution in [3.63, 3.8) is 0 Å². The van der Waals surface area contributed by atoms with Crippen LogP contribution in [0.3, 0.4) is 0 Å². The maximum atomic E-state index is 11.4. The van der Waals surface area contributed by atoms with Gasteiger partial charge in [0.15, 0.2) is 5.43 Å². The maximum Gasteiger partial charge on any atom is 0.297 e. The standard InChI is InChI=1S/C7H3NO3S3/c9-4-1-5(12)14-6-3(8(10)11)2-13-7(4)6/h1-2,12H. The van der Waals surface area contributed by atoms with Crippen molar-refractivity contribution in [3.8, 4) is 0 Å². The van der Waals surface area contributed by atoms with E-state index < -0.39 is 4.92 Å². The number of thiol groups is 1. The first-order chi connectivity index (χ1) is 6.59. The van der Waals surface area contributed by atoms with Gasteiger partial charge in [0, 0.05) is 6.07 Å². The molecular formula is C7H3NO3S3. The van der Waals surface area contributed by atoms with Crippen LogP contribution in [0.25, 0.3) is 9.40 Å². The Kier molecular flexibility index (Phi) is 2.30. The van der Waals surface area contributed by atoms with Gasteiger partial charge in [0.2, 0.25) is 0 Å². The fraction of sp³-hybridized carbons (Fsp3) is 0. The van der Waals surface area contributed by atoms with Crippen molar-refractivity contribution in [2.24, 2.45) is 0 Å². The van der Waals surface area contributed by atoms with Crippen LogP contribution in [0.15, 0.2) is 20.5 Å². The van der Waals surface area contributed by atoms with E-state index in [1.165, 1.54) is 11.4 Å². The minimum atomic E-state index is -0.484. The van der Waals surface area contributed by atoms with E-state index in [0.717, 1.165) is 22.7 Å². The molecule has 0 radical (unpaired) electrons. The van der Waals surface area contributed by atoms with Gasteiger partial charge in [0.25, 0.3) is 5.69 Å². The summed E-state index contributed by atoms with van der Waals surface area (Å²) in [5.74, 6) is 0. The van der Waals surface area contributed by atoms with Crippen molar-refractivity contribution in [2.75, 3.05) is 0 Å². The average molecular weight is 245 g/mol. The third-order valence-electron chi connectivity index (χ3n) is 1.61. The summed E-state index contributed by atoms with van der Waals surface area (Å²) in [6.07, 6.45) is 0. The molecule has 0 aliphatic rings. The van der Waals surface area contributed by atoms with Crippen molar-refractivity contribution in [2.45, 2.75) is 4.21 Å². The molecule has 0 bridgehead atoms. The smallest absolute Gasteiger partial charge is 0.288 e. The largest absolute Gasteiger partial charge is 0.297 e. The zero-order valence-electron chi connectivity index (χ0n) is 6.59. The third-order valence-corrected chi connectivity index (χ3v) is 4.07. The van der Waals surface area contributed by atoms with Gasteiger partial charge in [-0.15, -0.1) is 35.3 Å². The second-order valence-electron chi connectivity index (χ2n) is 2.49. The Morgan fingerprint density at radius 1 is 1.43 bits per heavy atom. The van der Waals surface area contributed by atoms with Gasteiger partial charge in [-0.1, -0.05) is 0 Å². The van der Waals surface area contributed by atoms with E-state index in [2.05, 4.69) is 12.6 Å². The molecule has 0 aliphatic carbocycles. The van der Waals surface area contributed by atoms with Gasteiger partial charge >= 0.3 is 0 Å². The summed E-state index contributed by atoms with van der Waals surface area (Å²) in [7, 11) is 0. The predicted octanol–water partition coefficient (Wildman–Crippen LogP) is 2.52. The highest BCUT2D eigenvalue weighted by molar-refractivity contribution is 7.83. The molecule has 0 atom stereocenters. The van der Waals surface area contributed by atoms with Gasteiger partial charge in [0.05, 0.1) is 19.2 Å². The van der Waals surface area contributed by atoms with Crippen LogP contribution in [0.1, 0.15) is 0 Å². The molecule has 4 nitrogen and oxygen atoms in total. The molecule has 72 valence electrons. The normalized spacial score (nSPS) is 10.6. The number of nitro groups is 1. The highest BCUT2D eigenvalue weighted by atomic mass is 32.2. The molecule has 7 heteroatoms. The lowest BCUT2D eigenvalue weighted by atomic mass is 10.4. The summed E-state index contributed by atoms with van der Waals surface area (Å²) in [5, 5.41) is 12.0. The van der Waals surface area contributed by atoms with Crippen molar-refractivity contribution in [1.82, 2.24) is 0 Å². The summed E-state index contributed by atoms with van der Waals surface area (Å²) in [4.78, 5) is 21.5. The molecule has 0 saturated carbocycles. The van der Waals surface area contributed by atoms with E-state index in [1.807, 2.05) is 0 Å². The van der Waals surface area contributed by atoms with E-state index in [4.69, 9.17) is 0 Å². The molecule has 2 heterocycles. The molecule has 0 saturated heterocycles. The van der Waals surface area contributed by atoms with Gasteiger partial charge < -0.3 is 0 Å². The summed E-state index contributed by atoms with van der Waals surface area (Å²) in [6, 6.07) is 1.37. The van der Waals surface area contributed by atoms with Gasteiger partial charge in [-0.25, -0.2) is 0 Å².